The summed E-state index contributed by atoms with van der Waals surface area (Å²) in [6.07, 6.45) is 1.74. The van der Waals surface area contributed by atoms with Gasteiger partial charge in [0.2, 0.25) is 0 Å². The van der Waals surface area contributed by atoms with Gasteiger partial charge in [0.25, 0.3) is 0 Å². The third-order valence-electron chi connectivity index (χ3n) is 2.89. The molecule has 0 unspecified atom stereocenters. The van der Waals surface area contributed by atoms with E-state index < -0.39 is 0 Å². The van der Waals surface area contributed by atoms with E-state index in [0.29, 0.717) is 6.54 Å². The number of nitrogens with zero attached hydrogens (tertiary/aromatic N) is 1. The standard InChI is InChI=1S/C14H18N2OS/c1-10-7-13(17-2)4-3-11(10)8-14-16-12(5-6-15)9-18-14/h3-4,7,9H,5-6,8,15H2,1-2H3. The lowest BCUT2D eigenvalue weighted by atomic mass is 10.1. The zero-order valence-electron chi connectivity index (χ0n) is 10.8. The normalized spacial score (nSPS) is 10.6. The van der Waals surface area contributed by atoms with Crippen molar-refractivity contribution in [1.82, 2.24) is 4.98 Å². The molecule has 0 fully saturated rings. The van der Waals surface area contributed by atoms with E-state index in [1.54, 1.807) is 18.4 Å². The Morgan fingerprint density at radius 3 is 2.89 bits per heavy atom. The second kappa shape index (κ2) is 5.98. The lowest BCUT2D eigenvalue weighted by molar-refractivity contribution is 0.414. The molecule has 0 amide bonds. The first-order valence-electron chi connectivity index (χ1n) is 6.00. The third kappa shape index (κ3) is 3.09. The molecule has 0 spiro atoms. The molecule has 4 heteroatoms. The highest BCUT2D eigenvalue weighted by Crippen LogP contribution is 2.21. The summed E-state index contributed by atoms with van der Waals surface area (Å²) in [7, 11) is 1.69. The topological polar surface area (TPSA) is 48.1 Å². The van der Waals surface area contributed by atoms with Crippen molar-refractivity contribution < 1.29 is 4.74 Å². The minimum Gasteiger partial charge on any atom is -0.497 e. The number of ether oxygens (including phenoxy) is 1. The Balaban J connectivity index is 2.12. The molecule has 2 rings (SSSR count). The fourth-order valence-electron chi connectivity index (χ4n) is 1.85. The van der Waals surface area contributed by atoms with Crippen molar-refractivity contribution >= 4 is 11.3 Å². The Hall–Kier alpha value is -1.39. The van der Waals surface area contributed by atoms with E-state index in [1.807, 2.05) is 6.07 Å². The van der Waals surface area contributed by atoms with Crippen molar-refractivity contribution in [1.29, 1.82) is 0 Å². The zero-order valence-corrected chi connectivity index (χ0v) is 11.6. The molecule has 3 nitrogen and oxygen atoms in total. The molecule has 0 atom stereocenters. The maximum Gasteiger partial charge on any atom is 0.119 e. The van der Waals surface area contributed by atoms with Gasteiger partial charge in [-0.3, -0.25) is 0 Å². The van der Waals surface area contributed by atoms with Crippen LogP contribution in [-0.4, -0.2) is 18.6 Å². The van der Waals surface area contributed by atoms with Crippen molar-refractivity contribution in [2.75, 3.05) is 13.7 Å². The minimum atomic E-state index is 0.657. The molecule has 18 heavy (non-hydrogen) atoms. The number of hydrogen-bond acceptors (Lipinski definition) is 4. The largest absolute Gasteiger partial charge is 0.497 e. The number of hydrogen-bond donors (Lipinski definition) is 1. The molecule has 1 heterocycles. The van der Waals surface area contributed by atoms with Crippen LogP contribution in [0.25, 0.3) is 0 Å². The van der Waals surface area contributed by atoms with Gasteiger partial charge >= 0.3 is 0 Å². The van der Waals surface area contributed by atoms with Gasteiger partial charge in [-0.25, -0.2) is 4.98 Å². The first-order chi connectivity index (χ1) is 8.72. The summed E-state index contributed by atoms with van der Waals surface area (Å²) in [6, 6.07) is 6.17. The van der Waals surface area contributed by atoms with Crippen LogP contribution in [0.4, 0.5) is 0 Å². The molecule has 1 aromatic carbocycles. The lowest BCUT2D eigenvalue weighted by Gasteiger charge is -2.06. The van der Waals surface area contributed by atoms with Crippen LogP contribution in [0.15, 0.2) is 23.6 Å². The van der Waals surface area contributed by atoms with Gasteiger partial charge in [-0.2, -0.15) is 0 Å². The summed E-state index contributed by atoms with van der Waals surface area (Å²) in [6.45, 7) is 2.76. The van der Waals surface area contributed by atoms with Gasteiger partial charge in [-0.15, -0.1) is 11.3 Å². The molecule has 0 aliphatic carbocycles. The number of thiazole rings is 1. The van der Waals surface area contributed by atoms with Crippen LogP contribution in [0.5, 0.6) is 5.75 Å². The molecule has 2 aromatic rings. The third-order valence-corrected chi connectivity index (χ3v) is 3.79. The molecule has 1 aromatic heterocycles. The van der Waals surface area contributed by atoms with E-state index in [-0.39, 0.29) is 0 Å². The minimum absolute atomic E-state index is 0.657. The first-order valence-corrected chi connectivity index (χ1v) is 6.87. The predicted octanol–water partition coefficient (Wildman–Crippen LogP) is 2.55. The first kappa shape index (κ1) is 13.1. The smallest absolute Gasteiger partial charge is 0.119 e. The van der Waals surface area contributed by atoms with Gasteiger partial charge in [-0.1, -0.05) is 6.07 Å². The molecule has 0 aliphatic rings. The molecular formula is C14H18N2OS. The highest BCUT2D eigenvalue weighted by molar-refractivity contribution is 7.09. The van der Waals surface area contributed by atoms with Crippen LogP contribution in [0.3, 0.4) is 0 Å². The Labute approximate surface area is 112 Å². The summed E-state index contributed by atoms with van der Waals surface area (Å²) < 4.78 is 5.21. The molecule has 2 N–H and O–H groups in total. The number of methoxy groups -OCH3 is 1. The second-order valence-electron chi connectivity index (χ2n) is 4.24. The molecule has 0 bridgehead atoms. The van der Waals surface area contributed by atoms with Crippen molar-refractivity contribution in [3.8, 4) is 5.75 Å². The molecule has 0 radical (unpaired) electrons. The quantitative estimate of drug-likeness (QED) is 0.901. The molecule has 96 valence electrons. The van der Waals surface area contributed by atoms with E-state index in [4.69, 9.17) is 10.5 Å². The number of aromatic nitrogens is 1. The fraction of sp³-hybridized carbons (Fsp3) is 0.357. The summed E-state index contributed by atoms with van der Waals surface area (Å²) in [5.41, 5.74) is 9.17. The fourth-order valence-corrected chi connectivity index (χ4v) is 2.70. The summed E-state index contributed by atoms with van der Waals surface area (Å²) in [4.78, 5) is 4.59. The van der Waals surface area contributed by atoms with E-state index in [1.165, 1.54) is 11.1 Å². The average Bonchev–Trinajstić information content (AvgIpc) is 2.80. The van der Waals surface area contributed by atoms with Crippen molar-refractivity contribution in [2.45, 2.75) is 19.8 Å². The van der Waals surface area contributed by atoms with Gasteiger partial charge in [0, 0.05) is 18.2 Å². The highest BCUT2D eigenvalue weighted by Gasteiger charge is 2.06. The van der Waals surface area contributed by atoms with Crippen LogP contribution < -0.4 is 10.5 Å². The monoisotopic (exact) mass is 262 g/mol. The van der Waals surface area contributed by atoms with Crippen LogP contribution in [0.2, 0.25) is 0 Å². The maximum absolute atomic E-state index is 5.53. The van der Waals surface area contributed by atoms with Gasteiger partial charge in [0.15, 0.2) is 0 Å². The summed E-state index contributed by atoms with van der Waals surface area (Å²) >= 11 is 1.71. The summed E-state index contributed by atoms with van der Waals surface area (Å²) in [5.74, 6) is 0.902. The second-order valence-corrected chi connectivity index (χ2v) is 5.18. The number of nitrogens with two attached hydrogens (primary N) is 1. The van der Waals surface area contributed by atoms with Gasteiger partial charge in [0.1, 0.15) is 5.75 Å². The van der Waals surface area contributed by atoms with E-state index >= 15 is 0 Å². The average molecular weight is 262 g/mol. The van der Waals surface area contributed by atoms with Gasteiger partial charge in [0.05, 0.1) is 17.8 Å². The maximum atomic E-state index is 5.53. The molecule has 0 saturated heterocycles. The number of rotatable bonds is 5. The van der Waals surface area contributed by atoms with Crippen LogP contribution in [-0.2, 0) is 12.8 Å². The van der Waals surface area contributed by atoms with Crippen LogP contribution >= 0.6 is 11.3 Å². The van der Waals surface area contributed by atoms with E-state index in [9.17, 15) is 0 Å². The Morgan fingerprint density at radius 1 is 1.39 bits per heavy atom. The Morgan fingerprint density at radius 2 is 2.22 bits per heavy atom. The van der Waals surface area contributed by atoms with Crippen LogP contribution in [0, 0.1) is 6.92 Å². The van der Waals surface area contributed by atoms with E-state index in [0.717, 1.165) is 29.3 Å². The molecule has 0 saturated carbocycles. The van der Waals surface area contributed by atoms with Crippen molar-refractivity contribution in [3.05, 3.63) is 45.4 Å². The van der Waals surface area contributed by atoms with Gasteiger partial charge in [-0.05, 0) is 36.7 Å². The SMILES string of the molecule is COc1ccc(Cc2nc(CCN)cs2)c(C)c1. The summed E-state index contributed by atoms with van der Waals surface area (Å²) in [5, 5.41) is 3.24. The Bertz CT molecular complexity index is 522. The van der Waals surface area contributed by atoms with Crippen molar-refractivity contribution in [2.24, 2.45) is 5.73 Å². The molecule has 0 aliphatic heterocycles. The lowest BCUT2D eigenvalue weighted by Crippen LogP contribution is -2.03. The van der Waals surface area contributed by atoms with Gasteiger partial charge < -0.3 is 10.5 Å². The Kier molecular flexibility index (Phi) is 4.33. The number of aryl methyl sites for hydroxylation is 1. The predicted molar refractivity (Wildman–Crippen MR) is 75.4 cm³/mol. The van der Waals surface area contributed by atoms with Crippen molar-refractivity contribution in [3.63, 3.8) is 0 Å². The highest BCUT2D eigenvalue weighted by atomic mass is 32.1. The molecular weight excluding hydrogens is 244 g/mol. The van der Waals surface area contributed by atoms with E-state index in [2.05, 4.69) is 29.4 Å². The zero-order chi connectivity index (χ0) is 13.0. The van der Waals surface area contributed by atoms with Crippen LogP contribution in [0.1, 0.15) is 21.8 Å². The number of benzene rings is 1.